The molecule has 2 unspecified atom stereocenters. The predicted molar refractivity (Wildman–Crippen MR) is 35.0 cm³/mol. The smallest absolute Gasteiger partial charge is 0.0465 e. The molecule has 0 amide bonds. The number of fused-ring (bicyclic) bond motifs is 2. The van der Waals surface area contributed by atoms with Gasteiger partial charge in [-0.3, -0.25) is 0 Å². The molecule has 0 aromatic heterocycles. The number of rotatable bonds is 1. The molecule has 2 heteroatoms. The Balaban J connectivity index is 1.97. The van der Waals surface area contributed by atoms with Crippen LogP contribution >= 0.6 is 0 Å². The summed E-state index contributed by atoms with van der Waals surface area (Å²) < 4.78 is 0. The molecule has 1 aliphatic carbocycles. The lowest BCUT2D eigenvalue weighted by atomic mass is 9.63. The largest absolute Gasteiger partial charge is 0.396 e. The molecule has 2 heterocycles. The maximum absolute atomic E-state index is 8.86. The van der Waals surface area contributed by atoms with Gasteiger partial charge in [-0.15, -0.1) is 0 Å². The molecular formula is C7H13NO. The van der Waals surface area contributed by atoms with Gasteiger partial charge in [0.05, 0.1) is 0 Å². The Hall–Kier alpha value is -0.0800. The van der Waals surface area contributed by atoms with E-state index in [0.29, 0.717) is 12.5 Å². The van der Waals surface area contributed by atoms with Gasteiger partial charge in [0.25, 0.3) is 0 Å². The molecule has 2 saturated heterocycles. The van der Waals surface area contributed by atoms with Crippen molar-refractivity contribution in [3.05, 3.63) is 0 Å². The first-order valence-electron chi connectivity index (χ1n) is 3.73. The normalized spacial score (nSPS) is 48.3. The zero-order valence-electron chi connectivity index (χ0n) is 5.51. The Morgan fingerprint density at radius 3 is 2.33 bits per heavy atom. The van der Waals surface area contributed by atoms with Crippen LogP contribution in [0.2, 0.25) is 0 Å². The molecule has 0 radical (unpaired) electrons. The molecule has 9 heavy (non-hydrogen) atoms. The Bertz CT molecular complexity index is 101. The number of aliphatic hydroxyl groups excluding tert-OH is 1. The summed E-state index contributed by atoms with van der Waals surface area (Å²) >= 11 is 0. The molecule has 0 aromatic rings. The van der Waals surface area contributed by atoms with Gasteiger partial charge in [-0.05, 0) is 37.3 Å². The summed E-state index contributed by atoms with van der Waals surface area (Å²) in [7, 11) is 0. The highest BCUT2D eigenvalue weighted by atomic mass is 16.3. The highest BCUT2D eigenvalue weighted by Crippen LogP contribution is 2.41. The molecule has 1 saturated carbocycles. The Kier molecular flexibility index (Phi) is 1.24. The average molecular weight is 127 g/mol. The zero-order valence-corrected chi connectivity index (χ0v) is 5.51. The molecule has 3 fully saturated rings. The molecule has 2 N–H and O–H groups in total. The quantitative estimate of drug-likeness (QED) is 0.513. The fraction of sp³-hybridized carbons (Fsp3) is 1.00. The molecule has 2 atom stereocenters. The highest BCUT2D eigenvalue weighted by Gasteiger charge is 2.42. The number of hydrogen-bond acceptors (Lipinski definition) is 2. The van der Waals surface area contributed by atoms with Crippen molar-refractivity contribution < 1.29 is 5.11 Å². The molecule has 52 valence electrons. The van der Waals surface area contributed by atoms with Crippen LogP contribution in [0.5, 0.6) is 0 Å². The summed E-state index contributed by atoms with van der Waals surface area (Å²) in [5.41, 5.74) is 0. The van der Waals surface area contributed by atoms with Crippen molar-refractivity contribution in [2.24, 2.45) is 17.8 Å². The number of nitrogens with one attached hydrogen (secondary N) is 1. The minimum atomic E-state index is 0.414. The van der Waals surface area contributed by atoms with Crippen LogP contribution in [0.1, 0.15) is 6.42 Å². The number of aliphatic hydroxyl groups is 1. The fourth-order valence-electron chi connectivity index (χ4n) is 2.15. The third-order valence-corrected chi connectivity index (χ3v) is 2.84. The van der Waals surface area contributed by atoms with Crippen LogP contribution in [0.4, 0.5) is 0 Å². The molecular weight excluding hydrogens is 114 g/mol. The van der Waals surface area contributed by atoms with Crippen LogP contribution in [-0.2, 0) is 0 Å². The molecule has 3 rings (SSSR count). The van der Waals surface area contributed by atoms with Crippen molar-refractivity contribution >= 4 is 0 Å². The molecule has 3 aliphatic rings. The second kappa shape index (κ2) is 1.96. The summed E-state index contributed by atoms with van der Waals surface area (Å²) in [4.78, 5) is 0. The van der Waals surface area contributed by atoms with Crippen molar-refractivity contribution in [3.63, 3.8) is 0 Å². The summed E-state index contributed by atoms with van der Waals surface area (Å²) in [5.74, 6) is 2.24. The first-order valence-corrected chi connectivity index (χ1v) is 3.73. The van der Waals surface area contributed by atoms with Gasteiger partial charge in [-0.2, -0.15) is 0 Å². The predicted octanol–water partition coefficient (Wildman–Crippen LogP) is -0.166. The lowest BCUT2D eigenvalue weighted by Gasteiger charge is -2.49. The summed E-state index contributed by atoms with van der Waals surface area (Å²) in [6.45, 7) is 2.69. The van der Waals surface area contributed by atoms with Crippen LogP contribution < -0.4 is 5.32 Å². The van der Waals surface area contributed by atoms with Gasteiger partial charge in [0.1, 0.15) is 0 Å². The number of piperidine rings is 2. The lowest BCUT2D eigenvalue weighted by molar-refractivity contribution is -0.00974. The van der Waals surface area contributed by atoms with E-state index in [0.717, 1.165) is 24.9 Å². The maximum atomic E-state index is 8.86. The van der Waals surface area contributed by atoms with E-state index in [4.69, 9.17) is 5.11 Å². The fourth-order valence-corrected chi connectivity index (χ4v) is 2.15. The molecule has 0 aromatic carbocycles. The van der Waals surface area contributed by atoms with Gasteiger partial charge < -0.3 is 10.4 Å². The maximum Gasteiger partial charge on any atom is 0.0465 e. The van der Waals surface area contributed by atoms with E-state index in [9.17, 15) is 0 Å². The molecule has 2 bridgehead atoms. The Morgan fingerprint density at radius 2 is 2.00 bits per heavy atom. The zero-order chi connectivity index (χ0) is 6.27. The first kappa shape index (κ1) is 5.69. The summed E-state index contributed by atoms with van der Waals surface area (Å²) in [5, 5.41) is 12.2. The van der Waals surface area contributed by atoms with Gasteiger partial charge in [-0.1, -0.05) is 0 Å². The second-order valence-electron chi connectivity index (χ2n) is 3.26. The van der Waals surface area contributed by atoms with Crippen LogP contribution in [-0.4, -0.2) is 24.8 Å². The monoisotopic (exact) mass is 127 g/mol. The first-order chi connectivity index (χ1) is 4.42. The van der Waals surface area contributed by atoms with Crippen molar-refractivity contribution in [3.8, 4) is 0 Å². The summed E-state index contributed by atoms with van der Waals surface area (Å²) in [6.07, 6.45) is 1.36. The van der Waals surface area contributed by atoms with Gasteiger partial charge in [0.15, 0.2) is 0 Å². The van der Waals surface area contributed by atoms with Crippen molar-refractivity contribution in [1.29, 1.82) is 0 Å². The van der Waals surface area contributed by atoms with Crippen molar-refractivity contribution in [2.75, 3.05) is 19.7 Å². The van der Waals surface area contributed by atoms with Gasteiger partial charge in [0.2, 0.25) is 0 Å². The van der Waals surface area contributed by atoms with Crippen LogP contribution in [0.15, 0.2) is 0 Å². The van der Waals surface area contributed by atoms with E-state index < -0.39 is 0 Å². The van der Waals surface area contributed by atoms with Crippen molar-refractivity contribution in [1.82, 2.24) is 5.32 Å². The lowest BCUT2D eigenvalue weighted by Crippen LogP contribution is -2.54. The SMILES string of the molecule is OCC1C2CNCC1C2. The minimum Gasteiger partial charge on any atom is -0.396 e. The number of hydrogen-bond donors (Lipinski definition) is 2. The third kappa shape index (κ3) is 0.700. The molecule has 0 spiro atoms. The Morgan fingerprint density at radius 1 is 1.33 bits per heavy atom. The highest BCUT2D eigenvalue weighted by molar-refractivity contribution is 4.94. The Labute approximate surface area is 55.3 Å². The topological polar surface area (TPSA) is 32.3 Å². The van der Waals surface area contributed by atoms with Gasteiger partial charge >= 0.3 is 0 Å². The van der Waals surface area contributed by atoms with E-state index in [1.54, 1.807) is 0 Å². The van der Waals surface area contributed by atoms with E-state index in [-0.39, 0.29) is 0 Å². The second-order valence-corrected chi connectivity index (χ2v) is 3.26. The van der Waals surface area contributed by atoms with Gasteiger partial charge in [-0.25, -0.2) is 0 Å². The van der Waals surface area contributed by atoms with E-state index in [1.807, 2.05) is 0 Å². The van der Waals surface area contributed by atoms with Gasteiger partial charge in [0, 0.05) is 6.61 Å². The molecule has 2 nitrogen and oxygen atoms in total. The average Bonchev–Trinajstić information content (AvgIpc) is 1.90. The van der Waals surface area contributed by atoms with E-state index >= 15 is 0 Å². The van der Waals surface area contributed by atoms with E-state index in [1.165, 1.54) is 6.42 Å². The van der Waals surface area contributed by atoms with Crippen LogP contribution in [0.25, 0.3) is 0 Å². The standard InChI is InChI=1S/C7H13NO/c9-4-7-5-1-6(7)3-8-2-5/h5-9H,1-4H2. The minimum absolute atomic E-state index is 0.414. The van der Waals surface area contributed by atoms with Crippen LogP contribution in [0, 0.1) is 17.8 Å². The van der Waals surface area contributed by atoms with Crippen LogP contribution in [0.3, 0.4) is 0 Å². The summed E-state index contributed by atoms with van der Waals surface area (Å²) in [6, 6.07) is 0. The van der Waals surface area contributed by atoms with Crippen molar-refractivity contribution in [2.45, 2.75) is 6.42 Å². The molecule has 2 aliphatic heterocycles. The van der Waals surface area contributed by atoms with E-state index in [2.05, 4.69) is 5.32 Å². The third-order valence-electron chi connectivity index (χ3n) is 2.84.